The molecule has 1 unspecified atom stereocenters. The number of ether oxygens (including phenoxy) is 1. The van der Waals surface area contributed by atoms with Crippen molar-refractivity contribution in [3.05, 3.63) is 77.4 Å². The Morgan fingerprint density at radius 2 is 1.81 bits per heavy atom. The summed E-state index contributed by atoms with van der Waals surface area (Å²) < 4.78 is 7.77. The van der Waals surface area contributed by atoms with Crippen molar-refractivity contribution in [2.75, 3.05) is 0 Å². The van der Waals surface area contributed by atoms with E-state index in [9.17, 15) is 4.79 Å². The van der Waals surface area contributed by atoms with Crippen LogP contribution in [-0.2, 0) is 17.7 Å². The molecule has 1 atom stereocenters. The molecule has 5 heteroatoms. The number of hydrogen-bond acceptors (Lipinski definition) is 4. The Hall–Kier alpha value is -2.92. The van der Waals surface area contributed by atoms with E-state index in [1.54, 1.807) is 0 Å². The monoisotopic (exact) mass is 419 g/mol. The van der Waals surface area contributed by atoms with Crippen LogP contribution in [0.3, 0.4) is 0 Å². The van der Waals surface area contributed by atoms with E-state index in [2.05, 4.69) is 42.0 Å². The van der Waals surface area contributed by atoms with Crippen LogP contribution in [0.4, 0.5) is 0 Å². The van der Waals surface area contributed by atoms with E-state index in [0.717, 1.165) is 42.0 Å². The van der Waals surface area contributed by atoms with Gasteiger partial charge in [-0.3, -0.25) is 0 Å². The molecule has 0 saturated carbocycles. The summed E-state index contributed by atoms with van der Waals surface area (Å²) in [5.41, 5.74) is 10.0. The van der Waals surface area contributed by atoms with E-state index in [0.29, 0.717) is 5.56 Å². The lowest BCUT2D eigenvalue weighted by Crippen LogP contribution is -2.24. The fourth-order valence-electron chi connectivity index (χ4n) is 3.49. The standard InChI is InChI=1S/C26H33N3O2/c1-6-9-24-28-23(18(2)27)17-29(24)16-19-12-14-20(15-13-19)21-10-7-8-11-22(21)25(30)31-26(3,4)5/h7-8,10-15,17-18H,6,9,16,27H2,1-5H3. The van der Waals surface area contributed by atoms with Crippen molar-refractivity contribution in [2.45, 2.75) is 65.6 Å². The number of benzene rings is 2. The molecule has 0 aliphatic heterocycles. The number of rotatable bonds is 7. The molecule has 3 rings (SSSR count). The maximum Gasteiger partial charge on any atom is 0.339 e. The fraction of sp³-hybridized carbons (Fsp3) is 0.385. The van der Waals surface area contributed by atoms with E-state index < -0.39 is 5.60 Å². The number of carbonyl (C=O) groups excluding carboxylic acids is 1. The topological polar surface area (TPSA) is 70.1 Å². The highest BCUT2D eigenvalue weighted by Gasteiger charge is 2.20. The predicted octanol–water partition coefficient (Wildman–Crippen LogP) is 5.53. The van der Waals surface area contributed by atoms with Crippen LogP contribution in [0.1, 0.15) is 74.5 Å². The molecule has 0 aliphatic carbocycles. The van der Waals surface area contributed by atoms with Gasteiger partial charge in [-0.1, -0.05) is 49.4 Å². The third-order valence-electron chi connectivity index (χ3n) is 4.98. The summed E-state index contributed by atoms with van der Waals surface area (Å²) in [6.07, 6.45) is 4.02. The SMILES string of the molecule is CCCc1nc(C(C)N)cn1Cc1ccc(-c2ccccc2C(=O)OC(C)(C)C)cc1. The average Bonchev–Trinajstić information content (AvgIpc) is 3.10. The van der Waals surface area contributed by atoms with E-state index in [1.807, 2.05) is 52.0 Å². The Labute approximate surface area is 185 Å². The number of nitrogens with zero attached hydrogens (tertiary/aromatic N) is 2. The first-order valence-electron chi connectivity index (χ1n) is 10.9. The number of aryl methyl sites for hydroxylation is 1. The molecule has 0 amide bonds. The Bertz CT molecular complexity index is 1030. The highest BCUT2D eigenvalue weighted by molar-refractivity contribution is 5.97. The molecule has 0 spiro atoms. The molecule has 0 bridgehead atoms. The van der Waals surface area contributed by atoms with Gasteiger partial charge in [0.1, 0.15) is 11.4 Å². The summed E-state index contributed by atoms with van der Waals surface area (Å²) in [5, 5.41) is 0. The number of hydrogen-bond donors (Lipinski definition) is 1. The van der Waals surface area contributed by atoms with Crippen molar-refractivity contribution in [2.24, 2.45) is 5.73 Å². The van der Waals surface area contributed by atoms with Gasteiger partial charge in [0, 0.05) is 25.2 Å². The van der Waals surface area contributed by atoms with Gasteiger partial charge in [-0.25, -0.2) is 9.78 Å². The Morgan fingerprint density at radius 3 is 2.42 bits per heavy atom. The second-order valence-electron chi connectivity index (χ2n) is 8.99. The molecule has 0 aliphatic rings. The van der Waals surface area contributed by atoms with E-state index in [-0.39, 0.29) is 12.0 Å². The quantitative estimate of drug-likeness (QED) is 0.512. The lowest BCUT2D eigenvalue weighted by molar-refractivity contribution is 0.00704. The molecular formula is C26H33N3O2. The highest BCUT2D eigenvalue weighted by Crippen LogP contribution is 2.26. The summed E-state index contributed by atoms with van der Waals surface area (Å²) in [6, 6.07) is 15.8. The smallest absolute Gasteiger partial charge is 0.339 e. The highest BCUT2D eigenvalue weighted by atomic mass is 16.6. The fourth-order valence-corrected chi connectivity index (χ4v) is 3.49. The van der Waals surface area contributed by atoms with Crippen LogP contribution in [0.2, 0.25) is 0 Å². The molecule has 5 nitrogen and oxygen atoms in total. The third kappa shape index (κ3) is 5.82. The molecule has 1 aromatic heterocycles. The summed E-state index contributed by atoms with van der Waals surface area (Å²) in [4.78, 5) is 17.4. The second kappa shape index (κ2) is 9.48. The molecule has 2 N–H and O–H groups in total. The lowest BCUT2D eigenvalue weighted by Gasteiger charge is -2.20. The van der Waals surface area contributed by atoms with Gasteiger partial charge in [-0.2, -0.15) is 0 Å². The summed E-state index contributed by atoms with van der Waals surface area (Å²) in [5.74, 6) is 0.757. The third-order valence-corrected chi connectivity index (χ3v) is 4.98. The molecular weight excluding hydrogens is 386 g/mol. The van der Waals surface area contributed by atoms with Gasteiger partial charge in [0.2, 0.25) is 0 Å². The van der Waals surface area contributed by atoms with Crippen molar-refractivity contribution < 1.29 is 9.53 Å². The van der Waals surface area contributed by atoms with Gasteiger partial charge in [-0.15, -0.1) is 0 Å². The van der Waals surface area contributed by atoms with Crippen molar-refractivity contribution in [3.63, 3.8) is 0 Å². The number of aromatic nitrogens is 2. The zero-order chi connectivity index (χ0) is 22.6. The minimum absolute atomic E-state index is 0.0800. The van der Waals surface area contributed by atoms with Crippen LogP contribution in [0.5, 0.6) is 0 Å². The van der Waals surface area contributed by atoms with Crippen molar-refractivity contribution in [3.8, 4) is 11.1 Å². The van der Waals surface area contributed by atoms with Crippen LogP contribution in [0.25, 0.3) is 11.1 Å². The molecule has 0 radical (unpaired) electrons. The first-order valence-corrected chi connectivity index (χ1v) is 10.9. The van der Waals surface area contributed by atoms with Gasteiger partial charge in [-0.05, 0) is 56.9 Å². The second-order valence-corrected chi connectivity index (χ2v) is 8.99. The Morgan fingerprint density at radius 1 is 1.13 bits per heavy atom. The number of imidazole rings is 1. The first kappa shape index (κ1) is 22.8. The first-order chi connectivity index (χ1) is 14.7. The Balaban J connectivity index is 1.84. The maximum absolute atomic E-state index is 12.7. The number of carbonyl (C=O) groups is 1. The van der Waals surface area contributed by atoms with Crippen molar-refractivity contribution >= 4 is 5.97 Å². The molecule has 164 valence electrons. The van der Waals surface area contributed by atoms with Crippen LogP contribution in [0.15, 0.2) is 54.7 Å². The summed E-state index contributed by atoms with van der Waals surface area (Å²) in [7, 11) is 0. The minimum Gasteiger partial charge on any atom is -0.456 e. The summed E-state index contributed by atoms with van der Waals surface area (Å²) in [6.45, 7) is 10.5. The predicted molar refractivity (Wildman–Crippen MR) is 125 cm³/mol. The molecule has 2 aromatic carbocycles. The Kier molecular flexibility index (Phi) is 6.96. The zero-order valence-electron chi connectivity index (χ0n) is 19.2. The minimum atomic E-state index is -0.533. The van der Waals surface area contributed by atoms with E-state index in [1.165, 1.54) is 5.56 Å². The molecule has 0 saturated heterocycles. The van der Waals surface area contributed by atoms with Gasteiger partial charge in [0.25, 0.3) is 0 Å². The zero-order valence-corrected chi connectivity index (χ0v) is 19.2. The van der Waals surface area contributed by atoms with Crippen LogP contribution < -0.4 is 5.73 Å². The molecule has 1 heterocycles. The lowest BCUT2D eigenvalue weighted by atomic mass is 9.98. The molecule has 3 aromatic rings. The van der Waals surface area contributed by atoms with Gasteiger partial charge >= 0.3 is 5.97 Å². The van der Waals surface area contributed by atoms with E-state index >= 15 is 0 Å². The van der Waals surface area contributed by atoms with Crippen LogP contribution in [-0.4, -0.2) is 21.1 Å². The van der Waals surface area contributed by atoms with E-state index in [4.69, 9.17) is 15.5 Å². The van der Waals surface area contributed by atoms with Crippen LogP contribution >= 0.6 is 0 Å². The maximum atomic E-state index is 12.7. The van der Waals surface area contributed by atoms with Crippen molar-refractivity contribution in [1.29, 1.82) is 0 Å². The van der Waals surface area contributed by atoms with Gasteiger partial charge in [0.05, 0.1) is 11.3 Å². The van der Waals surface area contributed by atoms with Crippen LogP contribution in [0, 0.1) is 0 Å². The average molecular weight is 420 g/mol. The van der Waals surface area contributed by atoms with Gasteiger partial charge < -0.3 is 15.0 Å². The van der Waals surface area contributed by atoms with Gasteiger partial charge in [0.15, 0.2) is 0 Å². The largest absolute Gasteiger partial charge is 0.456 e. The number of nitrogens with two attached hydrogens (primary N) is 1. The molecule has 31 heavy (non-hydrogen) atoms. The summed E-state index contributed by atoms with van der Waals surface area (Å²) >= 11 is 0. The number of esters is 1. The van der Waals surface area contributed by atoms with Crippen molar-refractivity contribution in [1.82, 2.24) is 9.55 Å². The normalized spacial score (nSPS) is 12.6. The molecule has 0 fully saturated rings.